The molecule has 2 fully saturated rings. The number of rotatable bonds is 2. The molecule has 2 aliphatic heterocycles. The van der Waals surface area contributed by atoms with Crippen molar-refractivity contribution in [2.45, 2.75) is 45.4 Å². The predicted octanol–water partition coefficient (Wildman–Crippen LogP) is 1.92. The van der Waals surface area contributed by atoms with E-state index in [-0.39, 0.29) is 30.2 Å². The maximum atomic E-state index is 12.5. The fourth-order valence-corrected chi connectivity index (χ4v) is 3.39. The minimum atomic E-state index is -0.153. The van der Waals surface area contributed by atoms with Gasteiger partial charge in [-0.15, -0.1) is 0 Å². The molecule has 2 aliphatic rings. The molecule has 0 unspecified atom stereocenters. The molecule has 6 heteroatoms. The van der Waals surface area contributed by atoms with Gasteiger partial charge in [-0.2, -0.15) is 0 Å². The number of nitrogens with zero attached hydrogens (tertiary/aromatic N) is 2. The maximum Gasteiger partial charge on any atom is 0.317 e. The number of aryl methyl sites for hydroxylation is 1. The molecule has 130 valence electrons. The first kappa shape index (κ1) is 16.8. The molecular weight excluding hydrogens is 306 g/mol. The Hall–Kier alpha value is -2.08. The van der Waals surface area contributed by atoms with E-state index < -0.39 is 0 Å². The fraction of sp³-hybridized carbons (Fsp3) is 0.556. The number of carbonyl (C=O) groups excluding carboxylic acids is 2. The number of amides is 3. The molecule has 0 aromatic heterocycles. The Morgan fingerprint density at radius 2 is 1.75 bits per heavy atom. The van der Waals surface area contributed by atoms with Gasteiger partial charge in [-0.25, -0.2) is 4.79 Å². The molecule has 1 aromatic rings. The molecule has 24 heavy (non-hydrogen) atoms. The predicted molar refractivity (Wildman–Crippen MR) is 92.1 cm³/mol. The summed E-state index contributed by atoms with van der Waals surface area (Å²) < 4.78 is 5.65. The van der Waals surface area contributed by atoms with Gasteiger partial charge in [-0.3, -0.25) is 4.79 Å². The van der Waals surface area contributed by atoms with E-state index in [1.54, 1.807) is 9.80 Å². The first-order chi connectivity index (χ1) is 11.4. The van der Waals surface area contributed by atoms with E-state index in [2.05, 4.69) is 5.32 Å². The van der Waals surface area contributed by atoms with Crippen LogP contribution in [0.2, 0.25) is 0 Å². The molecular formula is C18H25N3O3. The largest absolute Gasteiger partial charge is 0.372 e. The Morgan fingerprint density at radius 3 is 2.38 bits per heavy atom. The smallest absolute Gasteiger partial charge is 0.317 e. The summed E-state index contributed by atoms with van der Waals surface area (Å²) in [7, 11) is 0. The summed E-state index contributed by atoms with van der Waals surface area (Å²) in [5.74, 6) is 0.0490. The highest BCUT2D eigenvalue weighted by atomic mass is 16.5. The average Bonchev–Trinajstić information content (AvgIpc) is 2.87. The normalized spacial score (nSPS) is 27.5. The van der Waals surface area contributed by atoms with Gasteiger partial charge in [0.1, 0.15) is 0 Å². The maximum absolute atomic E-state index is 12.5. The van der Waals surface area contributed by atoms with Crippen LogP contribution in [-0.4, -0.2) is 54.7 Å². The van der Waals surface area contributed by atoms with Crippen molar-refractivity contribution >= 4 is 17.6 Å². The third kappa shape index (κ3) is 3.70. The Labute approximate surface area is 142 Å². The molecule has 2 heterocycles. The molecule has 2 saturated heterocycles. The van der Waals surface area contributed by atoms with Gasteiger partial charge in [0.05, 0.1) is 18.2 Å². The molecule has 3 atom stereocenters. The SMILES string of the molecule is Cc1ccc(N2C[C@H](NC(=O)N3C[C@@H](C)O[C@@H](C)C3)CC2=O)cc1. The fourth-order valence-electron chi connectivity index (χ4n) is 3.39. The van der Waals surface area contributed by atoms with E-state index in [1.807, 2.05) is 45.0 Å². The summed E-state index contributed by atoms with van der Waals surface area (Å²) >= 11 is 0. The number of anilines is 1. The van der Waals surface area contributed by atoms with Crippen molar-refractivity contribution in [2.24, 2.45) is 0 Å². The van der Waals surface area contributed by atoms with Crippen LogP contribution in [0, 0.1) is 6.92 Å². The number of benzene rings is 1. The number of ether oxygens (including phenoxy) is 1. The molecule has 0 aliphatic carbocycles. The van der Waals surface area contributed by atoms with Crippen molar-refractivity contribution in [3.8, 4) is 0 Å². The average molecular weight is 331 g/mol. The Morgan fingerprint density at radius 1 is 1.12 bits per heavy atom. The molecule has 0 spiro atoms. The van der Waals surface area contributed by atoms with Crippen LogP contribution in [0.15, 0.2) is 24.3 Å². The summed E-state index contributed by atoms with van der Waals surface area (Å²) in [5.41, 5.74) is 2.04. The van der Waals surface area contributed by atoms with Crippen molar-refractivity contribution in [1.82, 2.24) is 10.2 Å². The molecule has 0 radical (unpaired) electrons. The number of nitrogens with one attached hydrogen (secondary N) is 1. The minimum Gasteiger partial charge on any atom is -0.372 e. The molecule has 1 aromatic carbocycles. The van der Waals surface area contributed by atoms with Crippen LogP contribution in [0.1, 0.15) is 25.8 Å². The van der Waals surface area contributed by atoms with Gasteiger partial charge < -0.3 is 19.9 Å². The number of hydrogen-bond acceptors (Lipinski definition) is 3. The molecule has 3 amide bonds. The van der Waals surface area contributed by atoms with Crippen LogP contribution in [0.5, 0.6) is 0 Å². The monoisotopic (exact) mass is 331 g/mol. The van der Waals surface area contributed by atoms with Gasteiger partial charge in [0, 0.05) is 31.7 Å². The topological polar surface area (TPSA) is 61.9 Å². The van der Waals surface area contributed by atoms with Crippen LogP contribution < -0.4 is 10.2 Å². The van der Waals surface area contributed by atoms with Gasteiger partial charge in [0.15, 0.2) is 0 Å². The molecule has 3 rings (SSSR count). The minimum absolute atomic E-state index is 0.0359. The first-order valence-electron chi connectivity index (χ1n) is 8.50. The number of carbonyl (C=O) groups is 2. The van der Waals surface area contributed by atoms with Crippen LogP contribution in [0.25, 0.3) is 0 Å². The van der Waals surface area contributed by atoms with Gasteiger partial charge in [-0.05, 0) is 32.9 Å². The lowest BCUT2D eigenvalue weighted by molar-refractivity contribution is -0.117. The Balaban J connectivity index is 1.59. The lowest BCUT2D eigenvalue weighted by Crippen LogP contribution is -2.53. The van der Waals surface area contributed by atoms with Gasteiger partial charge >= 0.3 is 6.03 Å². The van der Waals surface area contributed by atoms with Crippen LogP contribution in [-0.2, 0) is 9.53 Å². The van der Waals surface area contributed by atoms with Gasteiger partial charge in [0.2, 0.25) is 5.91 Å². The quantitative estimate of drug-likeness (QED) is 0.900. The van der Waals surface area contributed by atoms with Crippen LogP contribution in [0.4, 0.5) is 10.5 Å². The van der Waals surface area contributed by atoms with E-state index in [0.29, 0.717) is 26.1 Å². The van der Waals surface area contributed by atoms with Crippen molar-refractivity contribution in [2.75, 3.05) is 24.5 Å². The van der Waals surface area contributed by atoms with Crippen molar-refractivity contribution in [3.63, 3.8) is 0 Å². The number of urea groups is 1. The zero-order chi connectivity index (χ0) is 17.3. The molecule has 6 nitrogen and oxygen atoms in total. The van der Waals surface area contributed by atoms with Gasteiger partial charge in [0.25, 0.3) is 0 Å². The van der Waals surface area contributed by atoms with E-state index in [1.165, 1.54) is 0 Å². The first-order valence-corrected chi connectivity index (χ1v) is 8.50. The second-order valence-electron chi connectivity index (χ2n) is 6.85. The zero-order valence-corrected chi connectivity index (χ0v) is 14.5. The van der Waals surface area contributed by atoms with Gasteiger partial charge in [-0.1, -0.05) is 17.7 Å². The lowest BCUT2D eigenvalue weighted by atomic mass is 10.2. The summed E-state index contributed by atoms with van der Waals surface area (Å²) in [6.07, 6.45) is 0.414. The summed E-state index contributed by atoms with van der Waals surface area (Å²) in [6, 6.07) is 7.61. The third-order valence-electron chi connectivity index (χ3n) is 4.51. The second-order valence-corrected chi connectivity index (χ2v) is 6.85. The summed E-state index contributed by atoms with van der Waals surface area (Å²) in [5, 5.41) is 3.00. The molecule has 0 bridgehead atoms. The molecule has 1 N–H and O–H groups in total. The van der Waals surface area contributed by atoms with E-state index in [9.17, 15) is 9.59 Å². The van der Waals surface area contributed by atoms with E-state index >= 15 is 0 Å². The standard InChI is InChI=1S/C18H25N3O3/c1-12-4-6-16(7-5-12)21-11-15(8-17(21)22)19-18(23)20-9-13(2)24-14(3)10-20/h4-7,13-15H,8-11H2,1-3H3,(H,19,23)/t13-,14+,15-/m1/s1. The number of morpholine rings is 1. The zero-order valence-electron chi connectivity index (χ0n) is 14.5. The molecule has 0 saturated carbocycles. The number of hydrogen-bond donors (Lipinski definition) is 1. The Bertz CT molecular complexity index is 606. The third-order valence-corrected chi connectivity index (χ3v) is 4.51. The summed E-state index contributed by atoms with van der Waals surface area (Å²) in [4.78, 5) is 28.3. The highest BCUT2D eigenvalue weighted by molar-refractivity contribution is 5.96. The Kier molecular flexibility index (Phi) is 4.76. The van der Waals surface area contributed by atoms with Crippen LogP contribution >= 0.6 is 0 Å². The van der Waals surface area contributed by atoms with Crippen molar-refractivity contribution < 1.29 is 14.3 Å². The summed E-state index contributed by atoms with van der Waals surface area (Å²) in [6.45, 7) is 7.63. The highest BCUT2D eigenvalue weighted by Crippen LogP contribution is 2.22. The van der Waals surface area contributed by atoms with E-state index in [4.69, 9.17) is 4.74 Å². The highest BCUT2D eigenvalue weighted by Gasteiger charge is 2.33. The van der Waals surface area contributed by atoms with E-state index in [0.717, 1.165) is 11.3 Å². The van der Waals surface area contributed by atoms with Crippen LogP contribution in [0.3, 0.4) is 0 Å². The second kappa shape index (κ2) is 6.81. The van der Waals surface area contributed by atoms with Crippen molar-refractivity contribution in [1.29, 1.82) is 0 Å². The van der Waals surface area contributed by atoms with Crippen molar-refractivity contribution in [3.05, 3.63) is 29.8 Å². The lowest BCUT2D eigenvalue weighted by Gasteiger charge is -2.35.